The quantitative estimate of drug-likeness (QED) is 0.623. The third-order valence-electron chi connectivity index (χ3n) is 3.42. The molecule has 1 aromatic rings. The normalized spacial score (nSPS) is 17.8. The fourth-order valence-electron chi connectivity index (χ4n) is 2.23. The summed E-state index contributed by atoms with van der Waals surface area (Å²) in [6.07, 6.45) is 0. The molecule has 1 aliphatic heterocycles. The standard InChI is InChI=1S/C13H21N3S/c1-10(2)15-5-7-16(8-6-15)11-3-4-12(14)13(17)9-11/h3-4,9-10,17H,5-8,14H2,1-2H3. The molecular weight excluding hydrogens is 230 g/mol. The van der Waals surface area contributed by atoms with Crippen LogP contribution in [0.2, 0.25) is 0 Å². The van der Waals surface area contributed by atoms with Gasteiger partial charge in [-0.1, -0.05) is 0 Å². The van der Waals surface area contributed by atoms with Crippen molar-refractivity contribution in [2.75, 3.05) is 36.8 Å². The van der Waals surface area contributed by atoms with Crippen LogP contribution in [-0.4, -0.2) is 37.1 Å². The van der Waals surface area contributed by atoms with E-state index in [-0.39, 0.29) is 0 Å². The van der Waals surface area contributed by atoms with Crippen LogP contribution in [0.15, 0.2) is 23.1 Å². The summed E-state index contributed by atoms with van der Waals surface area (Å²) >= 11 is 4.38. The van der Waals surface area contributed by atoms with Crippen LogP contribution < -0.4 is 10.6 Å². The van der Waals surface area contributed by atoms with Gasteiger partial charge in [-0.25, -0.2) is 0 Å². The molecule has 17 heavy (non-hydrogen) atoms. The summed E-state index contributed by atoms with van der Waals surface area (Å²) in [5.74, 6) is 0. The van der Waals surface area contributed by atoms with Gasteiger partial charge in [-0.05, 0) is 32.0 Å². The van der Waals surface area contributed by atoms with Gasteiger partial charge < -0.3 is 10.6 Å². The summed E-state index contributed by atoms with van der Waals surface area (Å²) in [6.45, 7) is 8.92. The molecule has 1 aromatic carbocycles. The maximum Gasteiger partial charge on any atom is 0.0451 e. The number of benzene rings is 1. The molecule has 2 rings (SSSR count). The highest BCUT2D eigenvalue weighted by atomic mass is 32.1. The lowest BCUT2D eigenvalue weighted by Gasteiger charge is -2.38. The predicted octanol–water partition coefficient (Wildman–Crippen LogP) is 2.09. The van der Waals surface area contributed by atoms with Crippen molar-refractivity contribution in [3.05, 3.63) is 18.2 Å². The van der Waals surface area contributed by atoms with Crippen molar-refractivity contribution in [3.63, 3.8) is 0 Å². The minimum absolute atomic E-state index is 0.643. The summed E-state index contributed by atoms with van der Waals surface area (Å²) < 4.78 is 0. The first kappa shape index (κ1) is 12.6. The maximum atomic E-state index is 5.78. The van der Waals surface area contributed by atoms with E-state index in [2.05, 4.69) is 48.4 Å². The Hall–Kier alpha value is -0.870. The van der Waals surface area contributed by atoms with Crippen LogP contribution in [-0.2, 0) is 0 Å². The van der Waals surface area contributed by atoms with Crippen LogP contribution in [0.4, 0.5) is 11.4 Å². The molecule has 0 spiro atoms. The molecule has 0 amide bonds. The molecule has 2 N–H and O–H groups in total. The Morgan fingerprint density at radius 1 is 1.18 bits per heavy atom. The lowest BCUT2D eigenvalue weighted by molar-refractivity contribution is 0.209. The van der Waals surface area contributed by atoms with Crippen LogP contribution in [0, 0.1) is 0 Å². The molecule has 0 radical (unpaired) electrons. The van der Waals surface area contributed by atoms with Gasteiger partial charge in [0.2, 0.25) is 0 Å². The van der Waals surface area contributed by atoms with E-state index in [1.807, 2.05) is 6.07 Å². The van der Waals surface area contributed by atoms with Gasteiger partial charge in [-0.2, -0.15) is 0 Å². The van der Waals surface area contributed by atoms with Crippen LogP contribution in [0.5, 0.6) is 0 Å². The minimum Gasteiger partial charge on any atom is -0.398 e. The van der Waals surface area contributed by atoms with Crippen molar-refractivity contribution in [2.24, 2.45) is 0 Å². The Morgan fingerprint density at radius 2 is 1.82 bits per heavy atom. The second-order valence-electron chi connectivity index (χ2n) is 4.86. The highest BCUT2D eigenvalue weighted by Gasteiger charge is 2.19. The molecule has 0 atom stereocenters. The highest BCUT2D eigenvalue weighted by molar-refractivity contribution is 7.80. The van der Waals surface area contributed by atoms with Gasteiger partial charge in [0.25, 0.3) is 0 Å². The average molecular weight is 251 g/mol. The minimum atomic E-state index is 0.643. The van der Waals surface area contributed by atoms with E-state index >= 15 is 0 Å². The van der Waals surface area contributed by atoms with E-state index in [4.69, 9.17) is 5.73 Å². The topological polar surface area (TPSA) is 32.5 Å². The fourth-order valence-corrected chi connectivity index (χ4v) is 2.43. The monoisotopic (exact) mass is 251 g/mol. The first-order valence-electron chi connectivity index (χ1n) is 6.15. The van der Waals surface area contributed by atoms with Crippen molar-refractivity contribution in [1.82, 2.24) is 4.90 Å². The molecule has 0 aliphatic carbocycles. The Kier molecular flexibility index (Phi) is 3.84. The zero-order chi connectivity index (χ0) is 12.4. The van der Waals surface area contributed by atoms with Gasteiger partial charge in [0, 0.05) is 48.5 Å². The Bertz CT molecular complexity index is 384. The molecule has 1 heterocycles. The highest BCUT2D eigenvalue weighted by Crippen LogP contribution is 2.24. The van der Waals surface area contributed by atoms with Crippen LogP contribution in [0.1, 0.15) is 13.8 Å². The molecule has 0 aromatic heterocycles. The lowest BCUT2D eigenvalue weighted by Crippen LogP contribution is -2.48. The van der Waals surface area contributed by atoms with E-state index < -0.39 is 0 Å². The molecule has 94 valence electrons. The summed E-state index contributed by atoms with van der Waals surface area (Å²) in [7, 11) is 0. The van der Waals surface area contributed by atoms with Gasteiger partial charge in [0.1, 0.15) is 0 Å². The average Bonchev–Trinajstić information content (AvgIpc) is 2.33. The summed E-state index contributed by atoms with van der Waals surface area (Å²) in [5, 5.41) is 0. The second-order valence-corrected chi connectivity index (χ2v) is 5.34. The Morgan fingerprint density at radius 3 is 2.35 bits per heavy atom. The van der Waals surface area contributed by atoms with Crippen LogP contribution in [0.25, 0.3) is 0 Å². The molecule has 4 heteroatoms. The lowest BCUT2D eigenvalue weighted by atomic mass is 10.2. The SMILES string of the molecule is CC(C)N1CCN(c2ccc(N)c(S)c2)CC1. The molecular formula is C13H21N3S. The molecule has 1 fully saturated rings. The molecule has 3 nitrogen and oxygen atoms in total. The number of nitrogens with zero attached hydrogens (tertiary/aromatic N) is 2. The zero-order valence-electron chi connectivity index (χ0n) is 10.6. The van der Waals surface area contributed by atoms with E-state index in [0.29, 0.717) is 6.04 Å². The molecule has 0 bridgehead atoms. The number of piperazine rings is 1. The predicted molar refractivity (Wildman–Crippen MR) is 77.0 cm³/mol. The number of anilines is 2. The Balaban J connectivity index is 2.03. The molecule has 0 unspecified atom stereocenters. The van der Waals surface area contributed by atoms with E-state index in [1.54, 1.807) is 0 Å². The smallest absolute Gasteiger partial charge is 0.0451 e. The number of rotatable bonds is 2. The summed E-state index contributed by atoms with van der Waals surface area (Å²) in [6, 6.07) is 6.72. The van der Waals surface area contributed by atoms with Crippen molar-refractivity contribution >= 4 is 24.0 Å². The fraction of sp³-hybridized carbons (Fsp3) is 0.538. The van der Waals surface area contributed by atoms with Gasteiger partial charge in [0.05, 0.1) is 0 Å². The second kappa shape index (κ2) is 5.19. The number of thiol groups is 1. The van der Waals surface area contributed by atoms with Crippen molar-refractivity contribution in [3.8, 4) is 0 Å². The Labute approximate surface area is 109 Å². The third-order valence-corrected chi connectivity index (χ3v) is 3.81. The molecule has 1 aliphatic rings. The van der Waals surface area contributed by atoms with Crippen molar-refractivity contribution in [1.29, 1.82) is 0 Å². The molecule has 1 saturated heterocycles. The van der Waals surface area contributed by atoms with Crippen molar-refractivity contribution in [2.45, 2.75) is 24.8 Å². The van der Waals surface area contributed by atoms with Crippen LogP contribution in [0.3, 0.4) is 0 Å². The van der Waals surface area contributed by atoms with E-state index in [9.17, 15) is 0 Å². The van der Waals surface area contributed by atoms with Gasteiger partial charge >= 0.3 is 0 Å². The van der Waals surface area contributed by atoms with Crippen LogP contribution >= 0.6 is 12.6 Å². The van der Waals surface area contributed by atoms with E-state index in [1.165, 1.54) is 5.69 Å². The summed E-state index contributed by atoms with van der Waals surface area (Å²) in [4.78, 5) is 5.78. The van der Waals surface area contributed by atoms with Gasteiger partial charge in [-0.15, -0.1) is 12.6 Å². The number of nitrogens with two attached hydrogens (primary N) is 1. The first-order chi connectivity index (χ1) is 8.08. The number of hydrogen-bond donors (Lipinski definition) is 2. The summed E-state index contributed by atoms with van der Waals surface area (Å²) in [5.41, 5.74) is 7.75. The van der Waals surface area contributed by atoms with E-state index in [0.717, 1.165) is 36.8 Å². The first-order valence-corrected chi connectivity index (χ1v) is 6.60. The number of hydrogen-bond acceptors (Lipinski definition) is 4. The third kappa shape index (κ3) is 2.87. The largest absolute Gasteiger partial charge is 0.398 e. The van der Waals surface area contributed by atoms with Crippen molar-refractivity contribution < 1.29 is 0 Å². The maximum absolute atomic E-state index is 5.78. The van der Waals surface area contributed by atoms with Gasteiger partial charge in [-0.3, -0.25) is 4.90 Å². The zero-order valence-corrected chi connectivity index (χ0v) is 11.5. The number of nitrogen functional groups attached to an aromatic ring is 1. The van der Waals surface area contributed by atoms with Gasteiger partial charge in [0.15, 0.2) is 0 Å². The molecule has 0 saturated carbocycles.